The number of hydrogen-bond acceptors (Lipinski definition) is 3. The number of rotatable bonds is 1. The Morgan fingerprint density at radius 2 is 2.00 bits per heavy atom. The van der Waals surface area contributed by atoms with Gasteiger partial charge in [0.1, 0.15) is 5.69 Å². The summed E-state index contributed by atoms with van der Waals surface area (Å²) >= 11 is 0. The van der Waals surface area contributed by atoms with Crippen LogP contribution in [0, 0.1) is 0 Å². The third-order valence-corrected chi connectivity index (χ3v) is 1.17. The first-order valence-corrected chi connectivity index (χ1v) is 4.55. The molecule has 7 heteroatoms. The van der Waals surface area contributed by atoms with Crippen molar-refractivity contribution in [2.75, 3.05) is 0 Å². The summed E-state index contributed by atoms with van der Waals surface area (Å²) in [5, 5.41) is 8.48. The average molecular weight is 218 g/mol. The summed E-state index contributed by atoms with van der Waals surface area (Å²) in [5.74, 6) is -0.912. The standard InChI is InChI=1S/C7H7NO2.HO3P/c8-6-3-1-2-5(4-6)7(9)10;1-4(2)3/h1-4H,8H2,(H,9,10);(H,1,2,3)/p+1. The second kappa shape index (κ2) is 6.17. The van der Waals surface area contributed by atoms with Gasteiger partial charge in [-0.15, -0.1) is 0 Å². The van der Waals surface area contributed by atoms with E-state index in [1.807, 2.05) is 0 Å². The van der Waals surface area contributed by atoms with E-state index in [0.717, 1.165) is 5.69 Å². The van der Waals surface area contributed by atoms with Crippen LogP contribution in [0.25, 0.3) is 0 Å². The molecule has 0 fully saturated rings. The van der Waals surface area contributed by atoms with Crippen molar-refractivity contribution in [2.24, 2.45) is 0 Å². The third kappa shape index (κ3) is 6.22. The molecule has 0 saturated heterocycles. The fourth-order valence-electron chi connectivity index (χ4n) is 0.704. The molecule has 14 heavy (non-hydrogen) atoms. The zero-order chi connectivity index (χ0) is 11.1. The Labute approximate surface area is 80.6 Å². The van der Waals surface area contributed by atoms with Gasteiger partial charge in [-0.3, -0.25) is 0 Å². The van der Waals surface area contributed by atoms with Crippen molar-refractivity contribution in [3.63, 3.8) is 0 Å². The number of carboxylic acids is 1. The van der Waals surface area contributed by atoms with Gasteiger partial charge in [-0.2, -0.15) is 4.89 Å². The topological polar surface area (TPSA) is 125 Å². The van der Waals surface area contributed by atoms with Gasteiger partial charge < -0.3 is 15.7 Å². The molecule has 1 aromatic carbocycles. The first kappa shape index (κ1) is 12.7. The van der Waals surface area contributed by atoms with Crippen molar-refractivity contribution >= 4 is 19.9 Å². The zero-order valence-corrected chi connectivity index (χ0v) is 7.98. The van der Waals surface area contributed by atoms with Gasteiger partial charge in [0.2, 0.25) is 0 Å². The molecule has 0 radical (unpaired) electrons. The molecule has 0 bridgehead atoms. The number of aromatic carboxylic acids is 1. The van der Waals surface area contributed by atoms with E-state index in [1.54, 1.807) is 12.1 Å². The third-order valence-electron chi connectivity index (χ3n) is 1.17. The molecule has 0 aromatic heterocycles. The van der Waals surface area contributed by atoms with Crippen molar-refractivity contribution in [1.29, 1.82) is 0 Å². The van der Waals surface area contributed by atoms with Gasteiger partial charge in [0.05, 0.1) is 5.56 Å². The van der Waals surface area contributed by atoms with E-state index in [2.05, 4.69) is 5.73 Å². The van der Waals surface area contributed by atoms with Crippen LogP contribution in [0.15, 0.2) is 24.3 Å². The lowest BCUT2D eigenvalue weighted by atomic mass is 10.2. The second-order valence-corrected chi connectivity index (χ2v) is 2.72. The lowest BCUT2D eigenvalue weighted by Gasteiger charge is -1.91. The van der Waals surface area contributed by atoms with Gasteiger partial charge in [0, 0.05) is 6.07 Å². The van der Waals surface area contributed by atoms with E-state index in [9.17, 15) is 4.79 Å². The first-order valence-electron chi connectivity index (χ1n) is 3.42. The van der Waals surface area contributed by atoms with Gasteiger partial charge in [0.15, 0.2) is 0 Å². The van der Waals surface area contributed by atoms with Crippen molar-refractivity contribution in [2.45, 2.75) is 0 Å². The maximum absolute atomic E-state index is 10.3. The quantitative estimate of drug-likeness (QED) is 0.535. The van der Waals surface area contributed by atoms with E-state index in [1.165, 1.54) is 12.1 Å². The van der Waals surface area contributed by atoms with Crippen molar-refractivity contribution in [1.82, 2.24) is 0 Å². The molecule has 0 spiro atoms. The van der Waals surface area contributed by atoms with Crippen LogP contribution < -0.4 is 10.6 Å². The van der Waals surface area contributed by atoms with Gasteiger partial charge in [-0.1, -0.05) is 6.07 Å². The van der Waals surface area contributed by atoms with E-state index in [0.29, 0.717) is 0 Å². The molecule has 1 unspecified atom stereocenters. The highest BCUT2D eigenvalue weighted by Gasteiger charge is 2.01. The van der Waals surface area contributed by atoms with Crippen molar-refractivity contribution in [3.8, 4) is 0 Å². The molecule has 0 saturated carbocycles. The van der Waals surface area contributed by atoms with Crippen LogP contribution in [0.2, 0.25) is 0 Å². The van der Waals surface area contributed by atoms with E-state index in [4.69, 9.17) is 19.5 Å². The van der Waals surface area contributed by atoms with Crippen LogP contribution in [0.3, 0.4) is 0 Å². The summed E-state index contributed by atoms with van der Waals surface area (Å²) in [6.07, 6.45) is 0. The molecule has 5 N–H and O–H groups in total. The Bertz CT molecular complexity index is 337. The lowest BCUT2D eigenvalue weighted by molar-refractivity contribution is -0.254. The molecule has 0 aliphatic rings. The fraction of sp³-hybridized carbons (Fsp3) is 0. The number of quaternary nitrogens is 1. The van der Waals surface area contributed by atoms with Crippen LogP contribution in [0.4, 0.5) is 5.69 Å². The molecular weight excluding hydrogens is 209 g/mol. The molecule has 0 aliphatic carbocycles. The summed E-state index contributed by atoms with van der Waals surface area (Å²) in [6.45, 7) is 0. The Morgan fingerprint density at radius 1 is 1.50 bits per heavy atom. The Morgan fingerprint density at radius 3 is 2.29 bits per heavy atom. The number of benzene rings is 1. The molecule has 0 aliphatic heterocycles. The zero-order valence-electron chi connectivity index (χ0n) is 7.08. The lowest BCUT2D eigenvalue weighted by Crippen LogP contribution is -2.40. The molecule has 1 aromatic rings. The summed E-state index contributed by atoms with van der Waals surface area (Å²) in [5.41, 5.74) is 4.61. The normalized spacial score (nSPS) is 9.79. The predicted molar refractivity (Wildman–Crippen MR) is 45.8 cm³/mol. The van der Waals surface area contributed by atoms with Gasteiger partial charge in [0.25, 0.3) is 0 Å². The highest BCUT2D eigenvalue weighted by Crippen LogP contribution is 2.03. The van der Waals surface area contributed by atoms with Crippen LogP contribution in [-0.2, 0) is 4.57 Å². The largest absolute Gasteiger partial charge is 0.567 e. The van der Waals surface area contributed by atoms with E-state index >= 15 is 0 Å². The van der Waals surface area contributed by atoms with Crippen molar-refractivity contribution < 1.29 is 30.0 Å². The van der Waals surface area contributed by atoms with Gasteiger partial charge in [-0.25, -0.2) is 4.79 Å². The maximum Gasteiger partial charge on any atom is 0.485 e. The van der Waals surface area contributed by atoms with Gasteiger partial charge >= 0.3 is 14.2 Å². The van der Waals surface area contributed by atoms with Crippen molar-refractivity contribution in [3.05, 3.63) is 29.8 Å². The second-order valence-electron chi connectivity index (χ2n) is 2.24. The summed E-state index contributed by atoms with van der Waals surface area (Å²) in [4.78, 5) is 25.9. The molecule has 1 atom stereocenters. The molecule has 6 nitrogen and oxygen atoms in total. The highest BCUT2D eigenvalue weighted by atomic mass is 31.1. The first-order chi connectivity index (χ1) is 6.43. The number of carboxylic acid groups (broad SMARTS) is 1. The van der Waals surface area contributed by atoms with E-state index < -0.39 is 14.2 Å². The minimum Gasteiger partial charge on any atom is -0.567 e. The van der Waals surface area contributed by atoms with Crippen LogP contribution >= 0.6 is 8.25 Å². The number of hydrogen-bond donors (Lipinski definition) is 3. The van der Waals surface area contributed by atoms with Crippen LogP contribution in [0.5, 0.6) is 0 Å². The van der Waals surface area contributed by atoms with Gasteiger partial charge in [-0.05, 0) is 16.7 Å². The summed E-state index contributed by atoms with van der Waals surface area (Å²) in [7, 11) is -3.12. The molecule has 0 heterocycles. The SMILES string of the molecule is O=[P+]([O-])O.[NH3+]c1cccc(C(=O)O)c1. The minimum atomic E-state index is -3.12. The monoisotopic (exact) mass is 218 g/mol. The maximum atomic E-state index is 10.3. The van der Waals surface area contributed by atoms with E-state index in [-0.39, 0.29) is 5.56 Å². The Hall–Kier alpha value is -1.33. The van der Waals surface area contributed by atoms with Crippen LogP contribution in [0.1, 0.15) is 10.4 Å². The Balaban J connectivity index is 0.000000364. The molecule has 0 amide bonds. The summed E-state index contributed by atoms with van der Waals surface area (Å²) < 4.78 is 8.59. The Kier molecular flexibility index (Phi) is 5.59. The smallest absolute Gasteiger partial charge is 0.485 e. The average Bonchev–Trinajstić information content (AvgIpc) is 2.03. The summed E-state index contributed by atoms with van der Waals surface area (Å²) in [6, 6.07) is 6.50. The molecular formula is C7H9NO5P+. The number of carbonyl (C=O) groups is 1. The highest BCUT2D eigenvalue weighted by molar-refractivity contribution is 7.29. The predicted octanol–water partition coefficient (Wildman–Crippen LogP) is -0.745. The molecule has 1 rings (SSSR count). The molecule has 76 valence electrons. The minimum absolute atomic E-state index is 0.285. The fourth-order valence-corrected chi connectivity index (χ4v) is 0.704. The van der Waals surface area contributed by atoms with Crippen LogP contribution in [-0.4, -0.2) is 16.0 Å².